The van der Waals surface area contributed by atoms with Crippen molar-refractivity contribution in [2.75, 3.05) is 23.8 Å². The molecule has 106 valence electrons. The second-order valence-electron chi connectivity index (χ2n) is 4.59. The van der Waals surface area contributed by atoms with Crippen LogP contribution in [0.15, 0.2) is 23.1 Å². The molecule has 1 aliphatic heterocycles. The molecule has 1 heterocycles. The van der Waals surface area contributed by atoms with Crippen molar-refractivity contribution in [1.82, 2.24) is 4.72 Å². The lowest BCUT2D eigenvalue weighted by Gasteiger charge is -2.21. The van der Waals surface area contributed by atoms with Crippen molar-refractivity contribution < 1.29 is 8.42 Å². The maximum Gasteiger partial charge on any atom is 0.242 e. The van der Waals surface area contributed by atoms with E-state index in [2.05, 4.69) is 4.72 Å². The van der Waals surface area contributed by atoms with Crippen LogP contribution in [-0.4, -0.2) is 26.5 Å². The van der Waals surface area contributed by atoms with Crippen LogP contribution in [0.1, 0.15) is 12.8 Å². The Hall–Kier alpha value is -0.430. The van der Waals surface area contributed by atoms with E-state index in [9.17, 15) is 8.42 Å². The molecule has 2 rings (SSSR count). The van der Waals surface area contributed by atoms with E-state index in [0.717, 1.165) is 24.3 Å². The van der Waals surface area contributed by atoms with Crippen LogP contribution in [-0.2, 0) is 10.0 Å². The van der Waals surface area contributed by atoms with Crippen molar-refractivity contribution in [3.05, 3.63) is 23.2 Å². The molecule has 1 fully saturated rings. The number of sulfonamides is 1. The summed E-state index contributed by atoms with van der Waals surface area (Å²) < 4.78 is 27.0. The van der Waals surface area contributed by atoms with Crippen molar-refractivity contribution in [3.63, 3.8) is 0 Å². The Bertz CT molecular complexity index is 543. The van der Waals surface area contributed by atoms with Crippen molar-refractivity contribution in [2.24, 2.45) is 5.92 Å². The maximum absolute atomic E-state index is 12.2. The Balaban J connectivity index is 2.07. The molecule has 0 unspecified atom stereocenters. The third kappa shape index (κ3) is 4.02. The molecule has 0 bridgehead atoms. The average Bonchev–Trinajstić information content (AvgIpc) is 2.40. The van der Waals surface area contributed by atoms with Gasteiger partial charge in [-0.05, 0) is 48.5 Å². The first kappa shape index (κ1) is 15.0. The fourth-order valence-corrected chi connectivity index (χ4v) is 4.71. The highest BCUT2D eigenvalue weighted by Gasteiger charge is 2.21. The number of halogens is 1. The molecule has 1 aromatic rings. The van der Waals surface area contributed by atoms with Gasteiger partial charge in [0, 0.05) is 11.6 Å². The van der Waals surface area contributed by atoms with E-state index >= 15 is 0 Å². The summed E-state index contributed by atoms with van der Waals surface area (Å²) in [5.41, 5.74) is 5.92. The highest BCUT2D eigenvalue weighted by molar-refractivity contribution is 7.99. The standard InChI is InChI=1S/C12H17ClN2O2S2/c13-10-1-2-11(14)12(7-10)19(16,17)15-8-9-3-5-18-6-4-9/h1-2,7,9,15H,3-6,8,14H2. The molecule has 0 aliphatic carbocycles. The number of benzene rings is 1. The number of anilines is 1. The highest BCUT2D eigenvalue weighted by atomic mass is 35.5. The Morgan fingerprint density at radius 1 is 1.37 bits per heavy atom. The zero-order valence-electron chi connectivity index (χ0n) is 10.4. The largest absolute Gasteiger partial charge is 0.398 e. The monoisotopic (exact) mass is 320 g/mol. The zero-order valence-corrected chi connectivity index (χ0v) is 12.8. The van der Waals surface area contributed by atoms with Gasteiger partial charge in [-0.2, -0.15) is 11.8 Å². The normalized spacial score (nSPS) is 17.5. The topological polar surface area (TPSA) is 72.2 Å². The van der Waals surface area contributed by atoms with Gasteiger partial charge in [-0.1, -0.05) is 11.6 Å². The number of rotatable bonds is 4. The van der Waals surface area contributed by atoms with Gasteiger partial charge in [0.1, 0.15) is 4.90 Å². The first-order chi connectivity index (χ1) is 8.99. The number of nitrogens with one attached hydrogen (secondary N) is 1. The third-order valence-electron chi connectivity index (χ3n) is 3.17. The van der Waals surface area contributed by atoms with E-state index in [1.165, 1.54) is 12.1 Å². The van der Waals surface area contributed by atoms with E-state index in [1.807, 2.05) is 11.8 Å². The molecular weight excluding hydrogens is 304 g/mol. The molecule has 1 aromatic carbocycles. The SMILES string of the molecule is Nc1ccc(Cl)cc1S(=O)(=O)NCC1CCSCC1. The molecule has 0 amide bonds. The summed E-state index contributed by atoms with van der Waals surface area (Å²) in [4.78, 5) is 0.0604. The predicted octanol–water partition coefficient (Wildman–Crippen LogP) is 2.34. The third-order valence-corrected chi connectivity index (χ3v) is 5.93. The first-order valence-electron chi connectivity index (χ1n) is 6.11. The van der Waals surface area contributed by atoms with Crippen LogP contribution >= 0.6 is 23.4 Å². The first-order valence-corrected chi connectivity index (χ1v) is 9.13. The molecule has 19 heavy (non-hydrogen) atoms. The summed E-state index contributed by atoms with van der Waals surface area (Å²) in [6.45, 7) is 0.467. The summed E-state index contributed by atoms with van der Waals surface area (Å²) >= 11 is 7.74. The van der Waals surface area contributed by atoms with Gasteiger partial charge in [-0.15, -0.1) is 0 Å². The van der Waals surface area contributed by atoms with Gasteiger partial charge in [0.2, 0.25) is 10.0 Å². The van der Waals surface area contributed by atoms with Gasteiger partial charge in [0.25, 0.3) is 0 Å². The molecule has 0 atom stereocenters. The second-order valence-corrected chi connectivity index (χ2v) is 7.99. The lowest BCUT2D eigenvalue weighted by atomic mass is 10.0. The zero-order chi connectivity index (χ0) is 13.9. The number of thioether (sulfide) groups is 1. The molecule has 1 aliphatic rings. The molecule has 4 nitrogen and oxygen atoms in total. The molecule has 3 N–H and O–H groups in total. The summed E-state index contributed by atoms with van der Waals surface area (Å²) in [5, 5.41) is 0.364. The van der Waals surface area contributed by atoms with Gasteiger partial charge in [0.15, 0.2) is 0 Å². The summed E-state index contributed by atoms with van der Waals surface area (Å²) in [6, 6.07) is 4.47. The average molecular weight is 321 g/mol. The summed E-state index contributed by atoms with van der Waals surface area (Å²) in [7, 11) is -3.58. The van der Waals surface area contributed by atoms with Gasteiger partial charge in [-0.3, -0.25) is 0 Å². The molecule has 0 spiro atoms. The lowest BCUT2D eigenvalue weighted by molar-refractivity contribution is 0.477. The lowest BCUT2D eigenvalue weighted by Crippen LogP contribution is -2.31. The number of nitrogens with two attached hydrogens (primary N) is 1. The van der Waals surface area contributed by atoms with Crippen LogP contribution < -0.4 is 10.5 Å². The highest BCUT2D eigenvalue weighted by Crippen LogP contribution is 2.25. The fraction of sp³-hybridized carbons (Fsp3) is 0.500. The van der Waals surface area contributed by atoms with Crippen LogP contribution in [0, 0.1) is 5.92 Å². The Labute approximate surface area is 123 Å². The molecular formula is C12H17ClN2O2S2. The number of hydrogen-bond donors (Lipinski definition) is 2. The fourth-order valence-electron chi connectivity index (χ4n) is 2.00. The Morgan fingerprint density at radius 3 is 2.74 bits per heavy atom. The van der Waals surface area contributed by atoms with Crippen LogP contribution in [0.4, 0.5) is 5.69 Å². The van der Waals surface area contributed by atoms with Crippen molar-refractivity contribution in [3.8, 4) is 0 Å². The quantitative estimate of drug-likeness (QED) is 0.835. The van der Waals surface area contributed by atoms with Gasteiger partial charge < -0.3 is 5.73 Å². The van der Waals surface area contributed by atoms with Gasteiger partial charge in [0.05, 0.1) is 5.69 Å². The minimum atomic E-state index is -3.58. The Morgan fingerprint density at radius 2 is 2.05 bits per heavy atom. The smallest absolute Gasteiger partial charge is 0.242 e. The maximum atomic E-state index is 12.2. The van der Waals surface area contributed by atoms with E-state index in [-0.39, 0.29) is 10.6 Å². The molecule has 0 saturated carbocycles. The number of hydrogen-bond acceptors (Lipinski definition) is 4. The molecule has 7 heteroatoms. The van der Waals surface area contributed by atoms with Gasteiger partial charge in [-0.25, -0.2) is 13.1 Å². The minimum absolute atomic E-state index is 0.0604. The minimum Gasteiger partial charge on any atom is -0.398 e. The summed E-state index contributed by atoms with van der Waals surface area (Å²) in [6.07, 6.45) is 2.11. The number of nitrogen functional groups attached to an aromatic ring is 1. The van der Waals surface area contributed by atoms with Crippen LogP contribution in [0.25, 0.3) is 0 Å². The van der Waals surface area contributed by atoms with E-state index in [4.69, 9.17) is 17.3 Å². The Kier molecular flexibility index (Phi) is 5.00. The van der Waals surface area contributed by atoms with Crippen molar-refractivity contribution in [2.45, 2.75) is 17.7 Å². The van der Waals surface area contributed by atoms with Crippen molar-refractivity contribution >= 4 is 39.1 Å². The molecule has 1 saturated heterocycles. The second kappa shape index (κ2) is 6.35. The van der Waals surface area contributed by atoms with E-state index in [1.54, 1.807) is 6.07 Å². The van der Waals surface area contributed by atoms with Crippen LogP contribution in [0.2, 0.25) is 5.02 Å². The van der Waals surface area contributed by atoms with E-state index in [0.29, 0.717) is 17.5 Å². The van der Waals surface area contributed by atoms with Crippen LogP contribution in [0.5, 0.6) is 0 Å². The van der Waals surface area contributed by atoms with Crippen molar-refractivity contribution in [1.29, 1.82) is 0 Å². The van der Waals surface area contributed by atoms with Crippen LogP contribution in [0.3, 0.4) is 0 Å². The molecule has 0 radical (unpaired) electrons. The predicted molar refractivity (Wildman–Crippen MR) is 81.1 cm³/mol. The van der Waals surface area contributed by atoms with E-state index < -0.39 is 10.0 Å². The summed E-state index contributed by atoms with van der Waals surface area (Å²) in [5.74, 6) is 2.62. The molecule has 0 aromatic heterocycles. The van der Waals surface area contributed by atoms with Gasteiger partial charge >= 0.3 is 0 Å².